The maximum Gasteiger partial charge on any atom is 0.276 e. The molecule has 1 fully saturated rings. The lowest BCUT2D eigenvalue weighted by Gasteiger charge is -2.16. The monoisotopic (exact) mass is 361 g/mol. The Hall–Kier alpha value is -2.99. The third kappa shape index (κ3) is 3.24. The molecule has 0 aliphatic carbocycles. The number of nitrogens with two attached hydrogens (primary N) is 1. The molecule has 1 amide bonds. The Balaban J connectivity index is 1.58. The number of nitrogens with zero attached hydrogens (tertiary/aromatic N) is 4. The van der Waals surface area contributed by atoms with E-state index in [4.69, 9.17) is 5.73 Å². The van der Waals surface area contributed by atoms with Crippen molar-refractivity contribution in [3.8, 4) is 5.69 Å². The predicted octanol–water partition coefficient (Wildman–Crippen LogP) is 2.39. The number of hydrogen-bond donors (Lipinski definition) is 1. The Labute approximate surface area is 158 Å². The number of likely N-dealkylation sites (tertiary alicyclic amines) is 1. The van der Waals surface area contributed by atoms with Crippen LogP contribution < -0.4 is 5.73 Å². The normalized spacial score (nSPS) is 19.4. The van der Waals surface area contributed by atoms with Crippen LogP contribution in [0.3, 0.4) is 0 Å². The quantitative estimate of drug-likeness (QED) is 0.774. The zero-order valence-electron chi connectivity index (χ0n) is 15.3. The molecule has 0 radical (unpaired) electrons. The van der Waals surface area contributed by atoms with Crippen molar-refractivity contribution in [3.63, 3.8) is 0 Å². The van der Waals surface area contributed by atoms with E-state index in [1.807, 2.05) is 60.4 Å². The van der Waals surface area contributed by atoms with Gasteiger partial charge in [-0.15, -0.1) is 5.10 Å². The third-order valence-corrected chi connectivity index (χ3v) is 5.36. The standard InChI is InChI=1S/C21H23N5O/c1-15-20(23-24-26(15)18-10-6-3-7-11-18)21(27)25-13-17(12-22)19(14-25)16-8-4-2-5-9-16/h2-11,17,19H,12-14,22H2,1H3/t17-,19+/m1/s1. The smallest absolute Gasteiger partial charge is 0.276 e. The molecule has 1 aliphatic rings. The van der Waals surface area contributed by atoms with Crippen molar-refractivity contribution < 1.29 is 4.79 Å². The van der Waals surface area contributed by atoms with E-state index >= 15 is 0 Å². The number of carbonyl (C=O) groups excluding carboxylic acids is 1. The molecule has 2 aromatic carbocycles. The van der Waals surface area contributed by atoms with E-state index in [1.54, 1.807) is 4.68 Å². The molecule has 0 saturated carbocycles. The van der Waals surface area contributed by atoms with E-state index in [1.165, 1.54) is 5.56 Å². The largest absolute Gasteiger partial charge is 0.336 e. The van der Waals surface area contributed by atoms with Gasteiger partial charge in [0.25, 0.3) is 5.91 Å². The van der Waals surface area contributed by atoms with Gasteiger partial charge in [-0.1, -0.05) is 53.7 Å². The maximum atomic E-state index is 13.1. The number of hydrogen-bond acceptors (Lipinski definition) is 4. The molecule has 0 unspecified atom stereocenters. The summed E-state index contributed by atoms with van der Waals surface area (Å²) in [6.45, 7) is 3.74. The molecule has 6 nitrogen and oxygen atoms in total. The molecule has 138 valence electrons. The average molecular weight is 361 g/mol. The summed E-state index contributed by atoms with van der Waals surface area (Å²) in [6.07, 6.45) is 0. The van der Waals surface area contributed by atoms with Crippen molar-refractivity contribution in [1.29, 1.82) is 0 Å². The third-order valence-electron chi connectivity index (χ3n) is 5.36. The van der Waals surface area contributed by atoms with Crippen LogP contribution in [0.15, 0.2) is 60.7 Å². The van der Waals surface area contributed by atoms with E-state index in [2.05, 4.69) is 22.4 Å². The minimum absolute atomic E-state index is 0.0773. The van der Waals surface area contributed by atoms with Crippen molar-refractivity contribution in [2.24, 2.45) is 11.7 Å². The summed E-state index contributed by atoms with van der Waals surface area (Å²) in [7, 11) is 0. The van der Waals surface area contributed by atoms with Gasteiger partial charge in [0, 0.05) is 19.0 Å². The molecule has 3 aromatic rings. The molecule has 1 saturated heterocycles. The second-order valence-electron chi connectivity index (χ2n) is 6.99. The summed E-state index contributed by atoms with van der Waals surface area (Å²) in [5.74, 6) is 0.428. The van der Waals surface area contributed by atoms with E-state index in [0.29, 0.717) is 25.3 Å². The van der Waals surface area contributed by atoms with E-state index < -0.39 is 0 Å². The SMILES string of the molecule is Cc1c(C(=O)N2C[C@@H](CN)[C@H](c3ccccc3)C2)nnn1-c1ccccc1. The molecule has 1 aliphatic heterocycles. The van der Waals surface area contributed by atoms with Gasteiger partial charge in [-0.25, -0.2) is 4.68 Å². The lowest BCUT2D eigenvalue weighted by Crippen LogP contribution is -2.30. The number of amides is 1. The maximum absolute atomic E-state index is 13.1. The van der Waals surface area contributed by atoms with Gasteiger partial charge in [-0.3, -0.25) is 4.79 Å². The lowest BCUT2D eigenvalue weighted by atomic mass is 9.89. The van der Waals surface area contributed by atoms with E-state index in [0.717, 1.165) is 11.4 Å². The molecule has 6 heteroatoms. The van der Waals surface area contributed by atoms with Crippen molar-refractivity contribution >= 4 is 5.91 Å². The zero-order chi connectivity index (χ0) is 18.8. The number of carbonyl (C=O) groups is 1. The number of rotatable bonds is 4. The summed E-state index contributed by atoms with van der Waals surface area (Å²) in [5, 5.41) is 8.37. The highest BCUT2D eigenvalue weighted by Gasteiger charge is 2.37. The fraction of sp³-hybridized carbons (Fsp3) is 0.286. The lowest BCUT2D eigenvalue weighted by molar-refractivity contribution is 0.0779. The van der Waals surface area contributed by atoms with Crippen LogP contribution in [-0.2, 0) is 0 Å². The van der Waals surface area contributed by atoms with Crippen LogP contribution in [0.2, 0.25) is 0 Å². The minimum Gasteiger partial charge on any atom is -0.336 e. The van der Waals surface area contributed by atoms with Crippen LogP contribution in [0.4, 0.5) is 0 Å². The first-order chi connectivity index (χ1) is 13.2. The van der Waals surface area contributed by atoms with Crippen molar-refractivity contribution in [2.75, 3.05) is 19.6 Å². The van der Waals surface area contributed by atoms with Crippen LogP contribution in [0.1, 0.15) is 27.7 Å². The van der Waals surface area contributed by atoms with Crippen LogP contribution in [0.5, 0.6) is 0 Å². The number of benzene rings is 2. The molecular weight excluding hydrogens is 338 g/mol. The van der Waals surface area contributed by atoms with Gasteiger partial charge >= 0.3 is 0 Å². The highest BCUT2D eigenvalue weighted by molar-refractivity contribution is 5.93. The second-order valence-corrected chi connectivity index (χ2v) is 6.99. The molecule has 4 rings (SSSR count). The van der Waals surface area contributed by atoms with Gasteiger partial charge in [0.1, 0.15) is 0 Å². The van der Waals surface area contributed by atoms with Crippen molar-refractivity contribution in [2.45, 2.75) is 12.8 Å². The van der Waals surface area contributed by atoms with E-state index in [-0.39, 0.29) is 17.7 Å². The van der Waals surface area contributed by atoms with Crippen LogP contribution >= 0.6 is 0 Å². The highest BCUT2D eigenvalue weighted by atomic mass is 16.2. The van der Waals surface area contributed by atoms with Gasteiger partial charge in [0.05, 0.1) is 11.4 Å². The minimum atomic E-state index is -0.0773. The number of aromatic nitrogens is 3. The molecule has 2 atom stereocenters. The number of para-hydroxylation sites is 1. The highest BCUT2D eigenvalue weighted by Crippen LogP contribution is 2.33. The van der Waals surface area contributed by atoms with Gasteiger partial charge in [0.2, 0.25) is 0 Å². The van der Waals surface area contributed by atoms with Crippen molar-refractivity contribution in [1.82, 2.24) is 19.9 Å². The first-order valence-electron chi connectivity index (χ1n) is 9.21. The Morgan fingerprint density at radius 1 is 1.07 bits per heavy atom. The predicted molar refractivity (Wildman–Crippen MR) is 104 cm³/mol. The van der Waals surface area contributed by atoms with Gasteiger partial charge < -0.3 is 10.6 Å². The Bertz CT molecular complexity index is 922. The molecule has 1 aromatic heterocycles. The molecular formula is C21H23N5O. The fourth-order valence-corrected chi connectivity index (χ4v) is 3.84. The summed E-state index contributed by atoms with van der Waals surface area (Å²) in [6, 6.07) is 20.0. The average Bonchev–Trinajstić information content (AvgIpc) is 3.32. The molecule has 27 heavy (non-hydrogen) atoms. The summed E-state index contributed by atoms with van der Waals surface area (Å²) in [4.78, 5) is 15.0. The van der Waals surface area contributed by atoms with Crippen LogP contribution in [-0.4, -0.2) is 45.4 Å². The van der Waals surface area contributed by atoms with E-state index in [9.17, 15) is 4.79 Å². The summed E-state index contributed by atoms with van der Waals surface area (Å²) in [5.41, 5.74) is 9.28. The molecule has 2 N–H and O–H groups in total. The van der Waals surface area contributed by atoms with Crippen LogP contribution in [0.25, 0.3) is 5.69 Å². The Morgan fingerprint density at radius 3 is 2.41 bits per heavy atom. The molecule has 0 spiro atoms. The topological polar surface area (TPSA) is 77.0 Å². The first kappa shape index (κ1) is 17.4. The Kier molecular flexibility index (Phi) is 4.73. The van der Waals surface area contributed by atoms with Gasteiger partial charge in [0.15, 0.2) is 5.69 Å². The van der Waals surface area contributed by atoms with Gasteiger partial charge in [-0.05, 0) is 37.1 Å². The Morgan fingerprint density at radius 2 is 1.74 bits per heavy atom. The second kappa shape index (κ2) is 7.32. The first-order valence-corrected chi connectivity index (χ1v) is 9.21. The van der Waals surface area contributed by atoms with Crippen LogP contribution in [0, 0.1) is 12.8 Å². The van der Waals surface area contributed by atoms with Crippen molar-refractivity contribution in [3.05, 3.63) is 77.6 Å². The summed E-state index contributed by atoms with van der Waals surface area (Å²) >= 11 is 0. The fourth-order valence-electron chi connectivity index (χ4n) is 3.84. The zero-order valence-corrected chi connectivity index (χ0v) is 15.3. The molecule has 0 bridgehead atoms. The van der Waals surface area contributed by atoms with Gasteiger partial charge in [-0.2, -0.15) is 0 Å². The summed E-state index contributed by atoms with van der Waals surface area (Å²) < 4.78 is 1.71. The molecule has 2 heterocycles.